The lowest BCUT2D eigenvalue weighted by Crippen LogP contribution is -2.34. The first-order valence-electron chi connectivity index (χ1n) is 21.5. The molecule has 2 aliphatic rings. The van der Waals surface area contributed by atoms with Gasteiger partial charge < -0.3 is 4.74 Å². The molecule has 4 atom stereocenters. The van der Waals surface area contributed by atoms with Gasteiger partial charge in [0.05, 0.1) is 18.3 Å². The van der Waals surface area contributed by atoms with Gasteiger partial charge in [0, 0.05) is 18.9 Å². The summed E-state index contributed by atoms with van der Waals surface area (Å²) in [5.74, 6) is -0.450. The summed E-state index contributed by atoms with van der Waals surface area (Å²) in [7, 11) is -14.1. The summed E-state index contributed by atoms with van der Waals surface area (Å²) in [5, 5.41) is 0. The van der Waals surface area contributed by atoms with E-state index in [0.29, 0.717) is 25.7 Å². The van der Waals surface area contributed by atoms with E-state index in [1.807, 2.05) is 19.1 Å². The van der Waals surface area contributed by atoms with Crippen LogP contribution in [0, 0.1) is 0 Å². The molecule has 2 aliphatic heterocycles. The van der Waals surface area contributed by atoms with E-state index in [0.717, 1.165) is 154 Å². The molecule has 0 amide bonds. The van der Waals surface area contributed by atoms with E-state index >= 15 is 0 Å². The Hall–Kier alpha value is -1.40. The predicted molar refractivity (Wildman–Crippen MR) is 217 cm³/mol. The van der Waals surface area contributed by atoms with Gasteiger partial charge in [-0.3, -0.25) is 4.55 Å². The number of esters is 1. The predicted octanol–water partition coefficient (Wildman–Crippen LogP) is 10.2. The van der Waals surface area contributed by atoms with Gasteiger partial charge in [0.25, 0.3) is 0 Å². The van der Waals surface area contributed by atoms with Crippen LogP contribution >= 0.6 is 0 Å². The van der Waals surface area contributed by atoms with E-state index in [9.17, 15) is 34.6 Å². The van der Waals surface area contributed by atoms with Crippen molar-refractivity contribution in [1.29, 1.82) is 0 Å². The SMILES string of the molecule is C/C=C/CCCCCC[C@H](C[C@@H]1CCCCCCCCCCC[C@@H]2C[C@@H](CCCCCCCCCCC/C=C/C(=O)O1)OS(=O)(=O)OS(=O)(=O)O2)OS(=O)(=O)O. The van der Waals surface area contributed by atoms with Crippen molar-refractivity contribution < 1.29 is 55.5 Å². The van der Waals surface area contributed by atoms with Gasteiger partial charge in [-0.2, -0.15) is 25.3 Å². The standard InChI is InChI=1S/C40H72O13S3/c1-2-3-4-5-14-20-25-30-37(50-54(42,43)44)34-36-29-24-19-15-11-9-12-17-22-27-32-39-35-38(51-55(45,46)53-56(47,48)52-39)31-26-21-16-10-7-6-8-13-18-23-28-33-40(41)49-36/h2-3,28,33,36-39H,4-27,29-32,34-35H2,1H3,(H,42,43,44)/b3-2+,33-28+/t36-,37+,38+,39+/m0/s1. The molecule has 1 N–H and O–H groups in total. The number of carbonyl (C=O) groups excluding carboxylic acids is 1. The maximum absolute atomic E-state index is 12.8. The smallest absolute Gasteiger partial charge is 0.416 e. The molecule has 0 aromatic heterocycles. The highest BCUT2D eigenvalue weighted by molar-refractivity contribution is 7.95. The normalized spacial score (nSPS) is 26.9. The Labute approximate surface area is 339 Å². The number of carbonyl (C=O) groups is 1. The Balaban J connectivity index is 1.96. The zero-order chi connectivity index (χ0) is 41.0. The second kappa shape index (κ2) is 29.8. The molecule has 0 aromatic carbocycles. The van der Waals surface area contributed by atoms with Crippen molar-refractivity contribution in [3.8, 4) is 0 Å². The fraction of sp³-hybridized carbons (Fsp3) is 0.875. The van der Waals surface area contributed by atoms with Gasteiger partial charge in [0.1, 0.15) is 6.10 Å². The van der Waals surface area contributed by atoms with Crippen LogP contribution in [0.3, 0.4) is 0 Å². The topological polar surface area (TPSA) is 186 Å². The minimum Gasteiger partial charge on any atom is -0.459 e. The van der Waals surface area contributed by atoms with Crippen LogP contribution in [0.5, 0.6) is 0 Å². The Morgan fingerprint density at radius 2 is 1.21 bits per heavy atom. The van der Waals surface area contributed by atoms with E-state index in [4.69, 9.17) is 17.3 Å². The van der Waals surface area contributed by atoms with E-state index in [1.165, 1.54) is 6.08 Å². The van der Waals surface area contributed by atoms with Crippen LogP contribution in [0.15, 0.2) is 24.3 Å². The van der Waals surface area contributed by atoms with Gasteiger partial charge in [-0.1, -0.05) is 140 Å². The number of unbranched alkanes of at least 4 members (excludes halogenated alkanes) is 4. The lowest BCUT2D eigenvalue weighted by atomic mass is 9.99. The molecule has 0 spiro atoms. The molecule has 1 fully saturated rings. The van der Waals surface area contributed by atoms with E-state index in [2.05, 4.69) is 9.71 Å². The highest BCUT2D eigenvalue weighted by Crippen LogP contribution is 2.27. The van der Waals surface area contributed by atoms with Crippen molar-refractivity contribution in [1.82, 2.24) is 0 Å². The van der Waals surface area contributed by atoms with Gasteiger partial charge in [0.15, 0.2) is 0 Å². The number of allylic oxidation sites excluding steroid dienone is 3. The molecule has 0 unspecified atom stereocenters. The zero-order valence-electron chi connectivity index (χ0n) is 33.9. The third-order valence-electron chi connectivity index (χ3n) is 10.4. The van der Waals surface area contributed by atoms with Gasteiger partial charge in [-0.15, -0.1) is 3.63 Å². The average molecular weight is 857 g/mol. The highest BCUT2D eigenvalue weighted by Gasteiger charge is 2.35. The summed E-state index contributed by atoms with van der Waals surface area (Å²) >= 11 is 0. The number of cyclic esters (lactones) is 1. The Bertz CT molecular complexity index is 1430. The molecule has 1 saturated heterocycles. The fourth-order valence-corrected chi connectivity index (χ4v) is 10.1. The number of rotatable bonds is 11. The van der Waals surface area contributed by atoms with Crippen molar-refractivity contribution in [3.63, 3.8) is 0 Å². The fourth-order valence-electron chi connectivity index (χ4n) is 7.46. The van der Waals surface area contributed by atoms with Crippen LogP contribution in [0.25, 0.3) is 0 Å². The molecular formula is C40H72O13S3. The Morgan fingerprint density at radius 3 is 1.73 bits per heavy atom. The number of hydrogen-bond donors (Lipinski definition) is 1. The minimum absolute atomic E-state index is 0.169. The monoisotopic (exact) mass is 856 g/mol. The van der Waals surface area contributed by atoms with Crippen LogP contribution in [-0.4, -0.2) is 60.2 Å². The van der Waals surface area contributed by atoms with Crippen molar-refractivity contribution in [2.75, 3.05) is 0 Å². The maximum atomic E-state index is 12.8. The van der Waals surface area contributed by atoms with Crippen LogP contribution in [0.4, 0.5) is 0 Å². The average Bonchev–Trinajstić information content (AvgIpc) is 3.09. The maximum Gasteiger partial charge on any atom is 0.416 e. The molecule has 2 bridgehead atoms. The number of ether oxygens (including phenoxy) is 1. The van der Waals surface area contributed by atoms with E-state index in [1.54, 1.807) is 0 Å². The van der Waals surface area contributed by atoms with Gasteiger partial charge in [-0.25, -0.2) is 17.3 Å². The lowest BCUT2D eigenvalue weighted by molar-refractivity contribution is -0.144. The first-order chi connectivity index (χ1) is 26.8. The van der Waals surface area contributed by atoms with Crippen LogP contribution in [-0.2, 0) is 56.9 Å². The first kappa shape index (κ1) is 50.7. The summed E-state index contributed by atoms with van der Waals surface area (Å²) in [6.45, 7) is 1.99. The van der Waals surface area contributed by atoms with Crippen LogP contribution in [0.2, 0.25) is 0 Å². The summed E-state index contributed by atoms with van der Waals surface area (Å²) < 4.78 is 107. The molecule has 328 valence electrons. The molecule has 0 aliphatic carbocycles. The quantitative estimate of drug-likeness (QED) is 0.0896. The molecule has 2 rings (SSSR count). The minimum atomic E-state index is -4.74. The van der Waals surface area contributed by atoms with E-state index in [-0.39, 0.29) is 12.8 Å². The first-order valence-corrected chi connectivity index (χ1v) is 25.5. The van der Waals surface area contributed by atoms with Crippen molar-refractivity contribution >= 4 is 37.2 Å². The number of fused-ring (bicyclic) bond motifs is 2. The largest absolute Gasteiger partial charge is 0.459 e. The molecule has 2 heterocycles. The third-order valence-corrected chi connectivity index (χ3v) is 13.2. The molecule has 0 saturated carbocycles. The number of hydrogen-bond acceptors (Lipinski definition) is 12. The molecule has 13 nitrogen and oxygen atoms in total. The van der Waals surface area contributed by atoms with E-state index < -0.39 is 61.6 Å². The molecule has 16 heteroatoms. The third kappa shape index (κ3) is 28.1. The second-order valence-corrected chi connectivity index (χ2v) is 19.1. The van der Waals surface area contributed by atoms with Crippen LogP contribution < -0.4 is 0 Å². The van der Waals surface area contributed by atoms with Gasteiger partial charge >= 0.3 is 37.2 Å². The Kier molecular flexibility index (Phi) is 27.0. The Morgan fingerprint density at radius 1 is 0.732 bits per heavy atom. The summed E-state index contributed by atoms with van der Waals surface area (Å²) in [6.07, 6.45) is 29.9. The van der Waals surface area contributed by atoms with Crippen molar-refractivity contribution in [2.24, 2.45) is 0 Å². The van der Waals surface area contributed by atoms with Gasteiger partial charge in [0.2, 0.25) is 0 Å². The van der Waals surface area contributed by atoms with Crippen LogP contribution in [0.1, 0.15) is 200 Å². The summed E-state index contributed by atoms with van der Waals surface area (Å²) in [6, 6.07) is 0. The highest BCUT2D eigenvalue weighted by atomic mass is 32.3. The molecular weight excluding hydrogens is 785 g/mol. The van der Waals surface area contributed by atoms with Crippen molar-refractivity contribution in [2.45, 2.75) is 224 Å². The zero-order valence-corrected chi connectivity index (χ0v) is 36.4. The van der Waals surface area contributed by atoms with Gasteiger partial charge in [-0.05, 0) is 64.7 Å². The lowest BCUT2D eigenvalue weighted by Gasteiger charge is -2.25. The summed E-state index contributed by atoms with van der Waals surface area (Å²) in [5.41, 5.74) is 0. The van der Waals surface area contributed by atoms with Crippen molar-refractivity contribution in [3.05, 3.63) is 24.3 Å². The summed E-state index contributed by atoms with van der Waals surface area (Å²) in [4.78, 5) is 12.8. The molecule has 0 radical (unpaired) electrons. The molecule has 56 heavy (non-hydrogen) atoms. The molecule has 0 aromatic rings. The second-order valence-electron chi connectivity index (χ2n) is 15.5.